The molecule has 116 valence electrons. The summed E-state index contributed by atoms with van der Waals surface area (Å²) in [5.74, 6) is -0.512. The second-order valence-electron chi connectivity index (χ2n) is 4.73. The van der Waals surface area contributed by atoms with Gasteiger partial charge in [0.15, 0.2) is 0 Å². The van der Waals surface area contributed by atoms with Crippen molar-refractivity contribution in [3.05, 3.63) is 69.8 Å². The van der Waals surface area contributed by atoms with Gasteiger partial charge >= 0.3 is 0 Å². The molecule has 1 amide bonds. The van der Waals surface area contributed by atoms with E-state index >= 15 is 0 Å². The molecule has 0 bridgehead atoms. The topological polar surface area (TPSA) is 64.9 Å². The Labute approximate surface area is 144 Å². The first kappa shape index (κ1) is 16.9. The maximum atomic E-state index is 12.1. The van der Waals surface area contributed by atoms with E-state index in [1.165, 1.54) is 6.20 Å². The number of nitrogens with one attached hydrogen (secondary N) is 2. The summed E-state index contributed by atoms with van der Waals surface area (Å²) in [4.78, 5) is 12.1. The van der Waals surface area contributed by atoms with Crippen LogP contribution in [0.25, 0.3) is 0 Å². The van der Waals surface area contributed by atoms with Crippen molar-refractivity contribution in [2.45, 2.75) is 6.92 Å². The monoisotopic (exact) mass is 345 g/mol. The van der Waals surface area contributed by atoms with Gasteiger partial charge < -0.3 is 10.6 Å². The van der Waals surface area contributed by atoms with Gasteiger partial charge in [-0.1, -0.05) is 29.3 Å². The van der Waals surface area contributed by atoms with Gasteiger partial charge in [-0.3, -0.25) is 4.79 Å². The fourth-order valence-corrected chi connectivity index (χ4v) is 2.08. The van der Waals surface area contributed by atoms with E-state index in [0.29, 0.717) is 15.7 Å². The second kappa shape index (κ2) is 7.68. The summed E-state index contributed by atoms with van der Waals surface area (Å²) in [6.45, 7) is 1.90. The number of rotatable bonds is 4. The van der Waals surface area contributed by atoms with Gasteiger partial charge in [0.1, 0.15) is 11.6 Å². The summed E-state index contributed by atoms with van der Waals surface area (Å²) in [5, 5.41) is 15.8. The van der Waals surface area contributed by atoms with Gasteiger partial charge in [0, 0.05) is 27.6 Å². The Bertz CT molecular complexity index is 792. The summed E-state index contributed by atoms with van der Waals surface area (Å²) in [6.07, 6.45) is 1.35. The van der Waals surface area contributed by atoms with Crippen molar-refractivity contribution in [1.82, 2.24) is 0 Å². The molecule has 0 saturated carbocycles. The van der Waals surface area contributed by atoms with Gasteiger partial charge in [-0.05, 0) is 48.9 Å². The van der Waals surface area contributed by atoms with Gasteiger partial charge in [-0.2, -0.15) is 5.26 Å². The number of carbonyl (C=O) groups excluding carboxylic acids is 1. The smallest absolute Gasteiger partial charge is 0.267 e. The normalized spacial score (nSPS) is 10.8. The van der Waals surface area contributed by atoms with Crippen LogP contribution in [0.3, 0.4) is 0 Å². The third-order valence-electron chi connectivity index (χ3n) is 3.04. The molecule has 0 radical (unpaired) electrons. The SMILES string of the molecule is Cc1ccc(Cl)cc1N/C=C(/C#N)C(=O)Nc1ccc(Cl)cc1. The van der Waals surface area contributed by atoms with Crippen molar-refractivity contribution in [3.8, 4) is 6.07 Å². The van der Waals surface area contributed by atoms with E-state index in [1.807, 2.05) is 19.1 Å². The van der Waals surface area contributed by atoms with Crippen molar-refractivity contribution in [3.63, 3.8) is 0 Å². The Hall–Kier alpha value is -2.48. The van der Waals surface area contributed by atoms with Crippen LogP contribution in [0.1, 0.15) is 5.56 Å². The van der Waals surface area contributed by atoms with Crippen LogP contribution in [0.5, 0.6) is 0 Å². The minimum atomic E-state index is -0.512. The van der Waals surface area contributed by atoms with Crippen molar-refractivity contribution in [1.29, 1.82) is 5.26 Å². The highest BCUT2D eigenvalue weighted by molar-refractivity contribution is 6.31. The van der Waals surface area contributed by atoms with Gasteiger partial charge in [-0.25, -0.2) is 0 Å². The first-order chi connectivity index (χ1) is 11.0. The summed E-state index contributed by atoms with van der Waals surface area (Å²) < 4.78 is 0. The van der Waals surface area contributed by atoms with Crippen LogP contribution >= 0.6 is 23.2 Å². The Kier molecular flexibility index (Phi) is 5.64. The number of nitriles is 1. The quantitative estimate of drug-likeness (QED) is 0.620. The predicted molar refractivity (Wildman–Crippen MR) is 93.6 cm³/mol. The second-order valence-corrected chi connectivity index (χ2v) is 5.61. The van der Waals surface area contributed by atoms with Gasteiger partial charge in [0.25, 0.3) is 5.91 Å². The van der Waals surface area contributed by atoms with E-state index in [-0.39, 0.29) is 5.57 Å². The predicted octanol–water partition coefficient (Wildman–Crippen LogP) is 4.76. The van der Waals surface area contributed by atoms with Crippen LogP contribution in [-0.2, 0) is 4.79 Å². The van der Waals surface area contributed by atoms with E-state index in [2.05, 4.69) is 10.6 Å². The molecule has 2 rings (SSSR count). The largest absolute Gasteiger partial charge is 0.360 e. The molecule has 0 unspecified atom stereocenters. The molecule has 23 heavy (non-hydrogen) atoms. The molecule has 0 atom stereocenters. The zero-order valence-corrected chi connectivity index (χ0v) is 13.7. The standard InChI is InChI=1S/C17H13Cl2N3O/c1-11-2-3-14(19)8-16(11)21-10-12(9-20)17(23)22-15-6-4-13(18)5-7-15/h2-8,10,21H,1H3,(H,22,23)/b12-10-. The van der Waals surface area contributed by atoms with E-state index in [4.69, 9.17) is 28.5 Å². The van der Waals surface area contributed by atoms with Gasteiger partial charge in [-0.15, -0.1) is 0 Å². The summed E-state index contributed by atoms with van der Waals surface area (Å²) in [7, 11) is 0. The molecule has 4 nitrogen and oxygen atoms in total. The molecule has 0 spiro atoms. The van der Waals surface area contributed by atoms with E-state index in [0.717, 1.165) is 11.3 Å². The van der Waals surface area contributed by atoms with Gasteiger partial charge in [0.2, 0.25) is 0 Å². The van der Waals surface area contributed by atoms with Crippen molar-refractivity contribution < 1.29 is 4.79 Å². The lowest BCUT2D eigenvalue weighted by Gasteiger charge is -2.07. The lowest BCUT2D eigenvalue weighted by molar-refractivity contribution is -0.112. The highest BCUT2D eigenvalue weighted by Crippen LogP contribution is 2.20. The van der Waals surface area contributed by atoms with Crippen LogP contribution in [-0.4, -0.2) is 5.91 Å². The number of halogens is 2. The van der Waals surface area contributed by atoms with E-state index < -0.39 is 5.91 Å². The number of hydrogen-bond acceptors (Lipinski definition) is 3. The average molecular weight is 346 g/mol. The molecule has 0 aliphatic carbocycles. The molecule has 2 N–H and O–H groups in total. The Balaban J connectivity index is 2.12. The maximum absolute atomic E-state index is 12.1. The van der Waals surface area contributed by atoms with Crippen LogP contribution in [0.2, 0.25) is 10.0 Å². The van der Waals surface area contributed by atoms with Crippen LogP contribution in [0, 0.1) is 18.3 Å². The molecule has 0 saturated heterocycles. The fourth-order valence-electron chi connectivity index (χ4n) is 1.78. The first-order valence-corrected chi connectivity index (χ1v) is 7.45. The summed E-state index contributed by atoms with van der Waals surface area (Å²) >= 11 is 11.7. The maximum Gasteiger partial charge on any atom is 0.267 e. The number of hydrogen-bond donors (Lipinski definition) is 2. The number of benzene rings is 2. The zero-order chi connectivity index (χ0) is 16.8. The minimum absolute atomic E-state index is 0.0562. The molecule has 2 aromatic rings. The summed E-state index contributed by atoms with van der Waals surface area (Å²) in [6, 6.07) is 13.8. The molecular formula is C17H13Cl2N3O. The van der Waals surface area contributed by atoms with Crippen molar-refractivity contribution in [2.75, 3.05) is 10.6 Å². The molecule has 0 heterocycles. The third kappa shape index (κ3) is 4.75. The van der Waals surface area contributed by atoms with Crippen molar-refractivity contribution in [2.24, 2.45) is 0 Å². The molecule has 6 heteroatoms. The third-order valence-corrected chi connectivity index (χ3v) is 3.53. The van der Waals surface area contributed by atoms with E-state index in [9.17, 15) is 4.79 Å². The lowest BCUT2D eigenvalue weighted by Crippen LogP contribution is -2.14. The van der Waals surface area contributed by atoms with E-state index in [1.54, 1.807) is 36.4 Å². The minimum Gasteiger partial charge on any atom is -0.360 e. The van der Waals surface area contributed by atoms with Crippen molar-refractivity contribution >= 4 is 40.5 Å². The molecular weight excluding hydrogens is 333 g/mol. The number of carbonyl (C=O) groups is 1. The van der Waals surface area contributed by atoms with Crippen LogP contribution in [0.4, 0.5) is 11.4 Å². The number of aryl methyl sites for hydroxylation is 1. The van der Waals surface area contributed by atoms with Crippen LogP contribution < -0.4 is 10.6 Å². The fraction of sp³-hybridized carbons (Fsp3) is 0.0588. The molecule has 0 aliphatic rings. The number of anilines is 2. The Morgan fingerprint density at radius 3 is 2.43 bits per heavy atom. The Morgan fingerprint density at radius 1 is 1.13 bits per heavy atom. The molecule has 2 aromatic carbocycles. The van der Waals surface area contributed by atoms with Crippen LogP contribution in [0.15, 0.2) is 54.2 Å². The Morgan fingerprint density at radius 2 is 1.78 bits per heavy atom. The lowest BCUT2D eigenvalue weighted by atomic mass is 10.2. The highest BCUT2D eigenvalue weighted by Gasteiger charge is 2.09. The summed E-state index contributed by atoms with van der Waals surface area (Å²) in [5.41, 5.74) is 2.17. The highest BCUT2D eigenvalue weighted by atomic mass is 35.5. The number of amides is 1. The first-order valence-electron chi connectivity index (χ1n) is 6.69. The zero-order valence-electron chi connectivity index (χ0n) is 12.2. The average Bonchev–Trinajstić information content (AvgIpc) is 2.53. The van der Waals surface area contributed by atoms with Gasteiger partial charge in [0.05, 0.1) is 0 Å². The molecule has 0 aromatic heterocycles. The number of nitrogens with zero attached hydrogens (tertiary/aromatic N) is 1. The molecule has 0 fully saturated rings. The molecule has 0 aliphatic heterocycles.